The van der Waals surface area contributed by atoms with Gasteiger partial charge in [0.2, 0.25) is 0 Å². The van der Waals surface area contributed by atoms with Crippen LogP contribution in [0.25, 0.3) is 0 Å². The Morgan fingerprint density at radius 3 is 2.63 bits per heavy atom. The molecule has 1 aliphatic carbocycles. The van der Waals surface area contributed by atoms with Gasteiger partial charge in [0.25, 0.3) is 15.0 Å². The highest BCUT2D eigenvalue weighted by Gasteiger charge is 2.23. The second kappa shape index (κ2) is 5.42. The van der Waals surface area contributed by atoms with E-state index in [9.17, 15) is 13.2 Å². The molecule has 0 aromatic heterocycles. The SMILES string of the molecule is Cc1c(Br)cc(C(=O)NCC2CC2)cc1S(=O)(=O)Cl. The molecular weight excluding hydrogens is 354 g/mol. The van der Waals surface area contributed by atoms with Gasteiger partial charge in [-0.2, -0.15) is 0 Å². The minimum atomic E-state index is -3.87. The van der Waals surface area contributed by atoms with E-state index in [1.165, 1.54) is 6.07 Å². The van der Waals surface area contributed by atoms with Crippen molar-refractivity contribution in [3.05, 3.63) is 27.7 Å². The summed E-state index contributed by atoms with van der Waals surface area (Å²) < 4.78 is 23.5. The first-order valence-corrected chi connectivity index (χ1v) is 8.92. The molecule has 0 unspecified atom stereocenters. The van der Waals surface area contributed by atoms with Crippen LogP contribution >= 0.6 is 26.6 Å². The second-order valence-electron chi connectivity index (χ2n) is 4.67. The second-order valence-corrected chi connectivity index (χ2v) is 8.06. The third-order valence-corrected chi connectivity index (χ3v) is 5.34. The maximum absolute atomic E-state index is 11.9. The van der Waals surface area contributed by atoms with Crippen LogP contribution in [0.3, 0.4) is 0 Å². The van der Waals surface area contributed by atoms with Crippen LogP contribution in [0.2, 0.25) is 0 Å². The Morgan fingerprint density at radius 2 is 2.11 bits per heavy atom. The molecule has 0 saturated heterocycles. The molecule has 2 rings (SSSR count). The van der Waals surface area contributed by atoms with Gasteiger partial charge in [0, 0.05) is 27.3 Å². The standard InChI is InChI=1S/C12H13BrClNO3S/c1-7-10(13)4-9(5-11(7)19(14,17)18)12(16)15-6-8-2-3-8/h4-5,8H,2-3,6H2,1H3,(H,15,16). The summed E-state index contributed by atoms with van der Waals surface area (Å²) in [5.41, 5.74) is 0.783. The number of rotatable bonds is 4. The Kier molecular flexibility index (Phi) is 4.23. The quantitative estimate of drug-likeness (QED) is 0.833. The van der Waals surface area contributed by atoms with Crippen LogP contribution in [0.1, 0.15) is 28.8 Å². The van der Waals surface area contributed by atoms with E-state index >= 15 is 0 Å². The minimum absolute atomic E-state index is 0.0416. The van der Waals surface area contributed by atoms with Gasteiger partial charge in [0.1, 0.15) is 0 Å². The van der Waals surface area contributed by atoms with Crippen molar-refractivity contribution in [3.8, 4) is 0 Å². The van der Waals surface area contributed by atoms with Crippen LogP contribution < -0.4 is 5.32 Å². The molecule has 1 saturated carbocycles. The van der Waals surface area contributed by atoms with Crippen molar-refractivity contribution in [3.63, 3.8) is 0 Å². The Bertz CT molecular complexity index is 626. The number of benzene rings is 1. The van der Waals surface area contributed by atoms with Crippen molar-refractivity contribution in [2.45, 2.75) is 24.7 Å². The summed E-state index contributed by atoms with van der Waals surface area (Å²) in [5, 5.41) is 2.79. The van der Waals surface area contributed by atoms with E-state index in [1.807, 2.05) is 0 Å². The first-order valence-electron chi connectivity index (χ1n) is 5.82. The largest absolute Gasteiger partial charge is 0.352 e. The van der Waals surface area contributed by atoms with Crippen LogP contribution in [-0.4, -0.2) is 20.9 Å². The highest BCUT2D eigenvalue weighted by Crippen LogP contribution is 2.29. The lowest BCUT2D eigenvalue weighted by Crippen LogP contribution is -2.25. The van der Waals surface area contributed by atoms with Gasteiger partial charge in [-0.15, -0.1) is 0 Å². The summed E-state index contributed by atoms with van der Waals surface area (Å²) in [6, 6.07) is 2.91. The predicted molar refractivity (Wildman–Crippen MR) is 77.0 cm³/mol. The number of carbonyl (C=O) groups is 1. The van der Waals surface area contributed by atoms with E-state index in [4.69, 9.17) is 10.7 Å². The lowest BCUT2D eigenvalue weighted by Gasteiger charge is -2.09. The summed E-state index contributed by atoms with van der Waals surface area (Å²) in [7, 11) is 1.50. The number of carbonyl (C=O) groups excluding carboxylic acids is 1. The van der Waals surface area contributed by atoms with Gasteiger partial charge in [-0.05, 0) is 43.4 Å². The maximum atomic E-state index is 11.9. The van der Waals surface area contributed by atoms with E-state index in [-0.39, 0.29) is 16.4 Å². The molecule has 1 fully saturated rings. The lowest BCUT2D eigenvalue weighted by molar-refractivity contribution is 0.0951. The van der Waals surface area contributed by atoms with Gasteiger partial charge in [-0.3, -0.25) is 4.79 Å². The van der Waals surface area contributed by atoms with E-state index in [2.05, 4.69) is 21.2 Å². The Labute approximate surface area is 125 Å². The Morgan fingerprint density at radius 1 is 1.47 bits per heavy atom. The van der Waals surface area contributed by atoms with Gasteiger partial charge in [0.05, 0.1) is 4.90 Å². The van der Waals surface area contributed by atoms with Crippen molar-refractivity contribution in [1.29, 1.82) is 0 Å². The van der Waals surface area contributed by atoms with Gasteiger partial charge in [-0.1, -0.05) is 15.9 Å². The predicted octanol–water partition coefficient (Wildman–Crippen LogP) is 2.82. The zero-order chi connectivity index (χ0) is 14.2. The molecule has 104 valence electrons. The van der Waals surface area contributed by atoms with Crippen molar-refractivity contribution in [2.75, 3.05) is 6.54 Å². The molecule has 1 aromatic rings. The molecule has 1 aliphatic rings. The van der Waals surface area contributed by atoms with Crippen LogP contribution in [-0.2, 0) is 9.05 Å². The zero-order valence-electron chi connectivity index (χ0n) is 10.2. The molecule has 0 aliphatic heterocycles. The molecule has 0 atom stereocenters. The fraction of sp³-hybridized carbons (Fsp3) is 0.417. The highest BCUT2D eigenvalue weighted by atomic mass is 79.9. The van der Waals surface area contributed by atoms with Gasteiger partial charge in [0.15, 0.2) is 0 Å². The molecule has 0 spiro atoms. The van der Waals surface area contributed by atoms with Crippen LogP contribution in [0, 0.1) is 12.8 Å². The first kappa shape index (κ1) is 14.8. The normalized spacial score (nSPS) is 15.3. The average Bonchev–Trinajstić information content (AvgIpc) is 3.11. The summed E-state index contributed by atoms with van der Waals surface area (Å²) in [5.74, 6) is 0.281. The summed E-state index contributed by atoms with van der Waals surface area (Å²) in [6.07, 6.45) is 2.28. The summed E-state index contributed by atoms with van der Waals surface area (Å²) in [4.78, 5) is 11.9. The molecule has 1 amide bonds. The molecular formula is C12H13BrClNO3S. The minimum Gasteiger partial charge on any atom is -0.352 e. The molecule has 1 N–H and O–H groups in total. The van der Waals surface area contributed by atoms with Crippen molar-refractivity contribution in [1.82, 2.24) is 5.32 Å². The molecule has 19 heavy (non-hydrogen) atoms. The van der Waals surface area contributed by atoms with Crippen LogP contribution in [0.15, 0.2) is 21.5 Å². The van der Waals surface area contributed by atoms with E-state index < -0.39 is 9.05 Å². The topological polar surface area (TPSA) is 63.2 Å². The van der Waals surface area contributed by atoms with Gasteiger partial charge >= 0.3 is 0 Å². The van der Waals surface area contributed by atoms with Gasteiger partial charge < -0.3 is 5.32 Å². The monoisotopic (exact) mass is 365 g/mol. The highest BCUT2D eigenvalue weighted by molar-refractivity contribution is 9.10. The zero-order valence-corrected chi connectivity index (χ0v) is 13.4. The maximum Gasteiger partial charge on any atom is 0.261 e. The number of nitrogens with one attached hydrogen (secondary N) is 1. The van der Waals surface area contributed by atoms with E-state index in [0.29, 0.717) is 22.5 Å². The molecule has 4 nitrogen and oxygen atoms in total. The number of amides is 1. The van der Waals surface area contributed by atoms with Crippen LogP contribution in [0.4, 0.5) is 0 Å². The summed E-state index contributed by atoms with van der Waals surface area (Å²) >= 11 is 3.25. The number of hydrogen-bond acceptors (Lipinski definition) is 3. The Hall–Kier alpha value is -0.590. The smallest absolute Gasteiger partial charge is 0.261 e. The number of hydrogen-bond donors (Lipinski definition) is 1. The molecule has 0 radical (unpaired) electrons. The van der Waals surface area contributed by atoms with Crippen molar-refractivity contribution in [2.24, 2.45) is 5.92 Å². The molecule has 1 aromatic carbocycles. The van der Waals surface area contributed by atoms with Crippen molar-refractivity contribution >= 4 is 41.6 Å². The average molecular weight is 367 g/mol. The third-order valence-electron chi connectivity index (χ3n) is 3.07. The molecule has 0 heterocycles. The van der Waals surface area contributed by atoms with Gasteiger partial charge in [-0.25, -0.2) is 8.42 Å². The first-order chi connectivity index (χ1) is 8.79. The summed E-state index contributed by atoms with van der Waals surface area (Å²) in [6.45, 7) is 2.26. The number of halogens is 2. The van der Waals surface area contributed by atoms with Crippen LogP contribution in [0.5, 0.6) is 0 Å². The fourth-order valence-corrected chi connectivity index (χ4v) is 3.51. The molecule has 7 heteroatoms. The Balaban J connectivity index is 2.30. The third kappa shape index (κ3) is 3.70. The fourth-order valence-electron chi connectivity index (χ4n) is 1.70. The van der Waals surface area contributed by atoms with E-state index in [1.54, 1.807) is 13.0 Å². The lowest BCUT2D eigenvalue weighted by atomic mass is 10.1. The molecule has 0 bridgehead atoms. The van der Waals surface area contributed by atoms with Crippen molar-refractivity contribution < 1.29 is 13.2 Å². The van der Waals surface area contributed by atoms with E-state index in [0.717, 1.165) is 12.8 Å².